The monoisotopic (exact) mass is 612 g/mol. The summed E-state index contributed by atoms with van der Waals surface area (Å²) in [7, 11) is 0. The van der Waals surface area contributed by atoms with Crippen molar-refractivity contribution < 1.29 is 0 Å². The normalized spacial score (nSPS) is 11.3. The fourth-order valence-electron chi connectivity index (χ4n) is 6.66. The second kappa shape index (κ2) is 11.7. The van der Waals surface area contributed by atoms with Gasteiger partial charge in [-0.3, -0.25) is 9.97 Å². The number of rotatable bonds is 5. The second-order valence-corrected chi connectivity index (χ2v) is 11.9. The highest BCUT2D eigenvalue weighted by molar-refractivity contribution is 6.17. The first-order valence-electron chi connectivity index (χ1n) is 16.0. The van der Waals surface area contributed by atoms with E-state index in [0.29, 0.717) is 5.82 Å². The Morgan fingerprint density at radius 3 is 1.42 bits per heavy atom. The summed E-state index contributed by atoms with van der Waals surface area (Å²) in [5.74, 6) is 0.671. The number of aromatic nitrogens is 4. The first-order chi connectivity index (χ1) is 23.8. The standard InChI is InChI=1S/C44H28N4/c1-4-10-29(11-5-1)30-16-18-31(19-17-30)34-20-21-36-27-37(23-22-35(36)26-34)44-47-28-38-41(48-44)39(32-12-6-2-7-13-32)40(33-14-8-3-9-15-33)43-42(38)45-24-25-46-43/h1-28H. The van der Waals surface area contributed by atoms with Crippen LogP contribution in [-0.2, 0) is 0 Å². The molecular weight excluding hydrogens is 585 g/mol. The SMILES string of the molecule is c1ccc(-c2ccc(-c3ccc4cc(-c5ncc6c(n5)c(-c5ccccc5)c(-c5ccccc5)c5nccnc56)ccc4c3)cc2)cc1. The van der Waals surface area contributed by atoms with Gasteiger partial charge in [-0.15, -0.1) is 0 Å². The van der Waals surface area contributed by atoms with Crippen LogP contribution in [0.5, 0.6) is 0 Å². The summed E-state index contributed by atoms with van der Waals surface area (Å²) in [6.07, 6.45) is 5.40. The second-order valence-electron chi connectivity index (χ2n) is 11.9. The van der Waals surface area contributed by atoms with Gasteiger partial charge in [-0.25, -0.2) is 9.97 Å². The molecule has 0 amide bonds. The van der Waals surface area contributed by atoms with Crippen LogP contribution in [0.2, 0.25) is 0 Å². The summed E-state index contributed by atoms with van der Waals surface area (Å²) in [5.41, 5.74) is 12.4. The van der Waals surface area contributed by atoms with Crippen LogP contribution in [0.25, 0.3) is 88.6 Å². The summed E-state index contributed by atoms with van der Waals surface area (Å²) >= 11 is 0. The van der Waals surface area contributed by atoms with Crippen molar-refractivity contribution in [3.8, 4) is 55.9 Å². The number of hydrogen-bond acceptors (Lipinski definition) is 4. The van der Waals surface area contributed by atoms with E-state index in [2.05, 4.69) is 133 Å². The summed E-state index contributed by atoms with van der Waals surface area (Å²) in [5, 5.41) is 3.18. The van der Waals surface area contributed by atoms with E-state index in [9.17, 15) is 0 Å². The van der Waals surface area contributed by atoms with Gasteiger partial charge in [-0.2, -0.15) is 0 Å². The summed E-state index contributed by atoms with van der Waals surface area (Å²) < 4.78 is 0. The lowest BCUT2D eigenvalue weighted by atomic mass is 9.90. The molecule has 48 heavy (non-hydrogen) atoms. The molecule has 0 spiro atoms. The van der Waals surface area contributed by atoms with Crippen LogP contribution >= 0.6 is 0 Å². The molecule has 9 aromatic rings. The zero-order valence-corrected chi connectivity index (χ0v) is 26.0. The lowest BCUT2D eigenvalue weighted by molar-refractivity contribution is 1.22. The van der Waals surface area contributed by atoms with Crippen LogP contribution in [0, 0.1) is 0 Å². The highest BCUT2D eigenvalue weighted by Gasteiger charge is 2.21. The number of benzene rings is 7. The zero-order valence-electron chi connectivity index (χ0n) is 26.0. The van der Waals surface area contributed by atoms with Crippen molar-refractivity contribution in [2.45, 2.75) is 0 Å². The van der Waals surface area contributed by atoms with E-state index in [1.54, 1.807) is 12.4 Å². The minimum atomic E-state index is 0.671. The van der Waals surface area contributed by atoms with Gasteiger partial charge in [0.25, 0.3) is 0 Å². The molecule has 2 aromatic heterocycles. The molecule has 7 aromatic carbocycles. The largest absolute Gasteiger partial charge is 0.252 e. The van der Waals surface area contributed by atoms with Gasteiger partial charge in [-0.1, -0.05) is 140 Å². The van der Waals surface area contributed by atoms with Crippen LogP contribution in [0.4, 0.5) is 0 Å². The fraction of sp³-hybridized carbons (Fsp3) is 0. The minimum Gasteiger partial charge on any atom is -0.252 e. The van der Waals surface area contributed by atoms with Gasteiger partial charge in [0, 0.05) is 40.7 Å². The smallest absolute Gasteiger partial charge is 0.159 e. The van der Waals surface area contributed by atoms with E-state index < -0.39 is 0 Å². The van der Waals surface area contributed by atoms with Gasteiger partial charge in [0.1, 0.15) is 5.52 Å². The van der Waals surface area contributed by atoms with E-state index in [-0.39, 0.29) is 0 Å². The van der Waals surface area contributed by atoms with E-state index in [1.165, 1.54) is 27.6 Å². The van der Waals surface area contributed by atoms with E-state index in [1.807, 2.05) is 24.4 Å². The highest BCUT2D eigenvalue weighted by atomic mass is 14.9. The number of hydrogen-bond donors (Lipinski definition) is 0. The summed E-state index contributed by atoms with van der Waals surface area (Å²) in [6.45, 7) is 0. The number of nitrogens with zero attached hydrogens (tertiary/aromatic N) is 4. The fourth-order valence-corrected chi connectivity index (χ4v) is 6.66. The highest BCUT2D eigenvalue weighted by Crippen LogP contribution is 2.42. The Hall–Kier alpha value is -6.52. The van der Waals surface area contributed by atoms with Gasteiger partial charge in [0.15, 0.2) is 5.82 Å². The Labute approximate surface area is 278 Å². The third-order valence-electron chi connectivity index (χ3n) is 9.01. The molecule has 0 fully saturated rings. The van der Waals surface area contributed by atoms with Gasteiger partial charge in [0.05, 0.1) is 11.0 Å². The Bertz CT molecular complexity index is 2580. The first-order valence-corrected chi connectivity index (χ1v) is 16.0. The lowest BCUT2D eigenvalue weighted by Gasteiger charge is -2.17. The molecule has 0 bridgehead atoms. The van der Waals surface area contributed by atoms with E-state index in [0.717, 1.165) is 55.1 Å². The average Bonchev–Trinajstić information content (AvgIpc) is 3.18. The molecule has 0 unspecified atom stereocenters. The maximum absolute atomic E-state index is 5.28. The molecule has 0 saturated heterocycles. The molecule has 224 valence electrons. The Kier molecular flexibility index (Phi) is 6.76. The van der Waals surface area contributed by atoms with Crippen LogP contribution in [0.15, 0.2) is 170 Å². The molecule has 0 N–H and O–H groups in total. The molecule has 0 radical (unpaired) electrons. The van der Waals surface area contributed by atoms with Crippen molar-refractivity contribution in [2.24, 2.45) is 0 Å². The van der Waals surface area contributed by atoms with Gasteiger partial charge in [0.2, 0.25) is 0 Å². The van der Waals surface area contributed by atoms with Crippen LogP contribution in [-0.4, -0.2) is 19.9 Å². The van der Waals surface area contributed by atoms with Gasteiger partial charge < -0.3 is 0 Å². The average molecular weight is 613 g/mol. The van der Waals surface area contributed by atoms with Gasteiger partial charge >= 0.3 is 0 Å². The summed E-state index contributed by atoms with van der Waals surface area (Å²) in [6, 6.07) is 53.2. The lowest BCUT2D eigenvalue weighted by Crippen LogP contribution is -1.98. The molecule has 4 nitrogen and oxygen atoms in total. The van der Waals surface area contributed by atoms with Crippen LogP contribution < -0.4 is 0 Å². The van der Waals surface area contributed by atoms with Crippen molar-refractivity contribution in [1.29, 1.82) is 0 Å². The molecular formula is C44H28N4. The Morgan fingerprint density at radius 2 is 0.792 bits per heavy atom. The topological polar surface area (TPSA) is 51.6 Å². The molecule has 0 atom stereocenters. The quantitative estimate of drug-likeness (QED) is 0.181. The maximum Gasteiger partial charge on any atom is 0.159 e. The molecule has 0 aliphatic rings. The third kappa shape index (κ3) is 4.88. The van der Waals surface area contributed by atoms with Crippen molar-refractivity contribution in [1.82, 2.24) is 19.9 Å². The Morgan fingerprint density at radius 1 is 0.333 bits per heavy atom. The molecule has 2 heterocycles. The molecule has 0 aliphatic heterocycles. The van der Waals surface area contributed by atoms with Gasteiger partial charge in [-0.05, 0) is 56.3 Å². The van der Waals surface area contributed by atoms with E-state index >= 15 is 0 Å². The zero-order chi connectivity index (χ0) is 31.9. The number of fused-ring (bicyclic) bond motifs is 4. The third-order valence-corrected chi connectivity index (χ3v) is 9.01. The van der Waals surface area contributed by atoms with Crippen LogP contribution in [0.3, 0.4) is 0 Å². The van der Waals surface area contributed by atoms with Crippen molar-refractivity contribution >= 4 is 32.7 Å². The van der Waals surface area contributed by atoms with Crippen molar-refractivity contribution in [2.75, 3.05) is 0 Å². The predicted octanol–water partition coefficient (Wildman–Crippen LogP) is 11.1. The minimum absolute atomic E-state index is 0.671. The first kappa shape index (κ1) is 27.8. The van der Waals surface area contributed by atoms with Crippen molar-refractivity contribution in [3.05, 3.63) is 170 Å². The molecule has 4 heteroatoms. The molecule has 0 saturated carbocycles. The Balaban J connectivity index is 1.17. The summed E-state index contributed by atoms with van der Waals surface area (Å²) in [4.78, 5) is 19.8. The van der Waals surface area contributed by atoms with Crippen molar-refractivity contribution in [3.63, 3.8) is 0 Å². The van der Waals surface area contributed by atoms with Crippen LogP contribution in [0.1, 0.15) is 0 Å². The maximum atomic E-state index is 5.28. The van der Waals surface area contributed by atoms with E-state index in [4.69, 9.17) is 19.9 Å². The molecule has 9 rings (SSSR count). The predicted molar refractivity (Wildman–Crippen MR) is 197 cm³/mol. The molecule has 0 aliphatic carbocycles.